The number of rotatable bonds is 2. The predicted molar refractivity (Wildman–Crippen MR) is 57.8 cm³/mol. The van der Waals surface area contributed by atoms with Crippen molar-refractivity contribution >= 4 is 17.4 Å². The minimum absolute atomic E-state index is 0.149. The van der Waals surface area contributed by atoms with E-state index in [9.17, 15) is 4.79 Å². The second-order valence-corrected chi connectivity index (χ2v) is 3.26. The lowest BCUT2D eigenvalue weighted by Crippen LogP contribution is -2.12. The van der Waals surface area contributed by atoms with Crippen LogP contribution in [0.4, 0.5) is 11.5 Å². The Labute approximate surface area is 91.5 Å². The van der Waals surface area contributed by atoms with E-state index in [1.54, 1.807) is 25.1 Å². The van der Waals surface area contributed by atoms with Gasteiger partial charge in [0, 0.05) is 6.07 Å². The van der Waals surface area contributed by atoms with Gasteiger partial charge in [0.2, 0.25) is 5.76 Å². The van der Waals surface area contributed by atoms with Gasteiger partial charge in [0.15, 0.2) is 0 Å². The standard InChI is InChI=1S/C10H10N4O2/c1-6-4-8(16-14-6)10(15)13-9-3-2-7(11)5-12-9/h2-5H,11H2,1H3,(H,12,13,15). The molecule has 82 valence electrons. The van der Waals surface area contributed by atoms with Gasteiger partial charge in [-0.05, 0) is 19.1 Å². The lowest BCUT2D eigenvalue weighted by Gasteiger charge is -2.01. The molecule has 0 aliphatic heterocycles. The second kappa shape index (κ2) is 4.01. The first-order valence-electron chi connectivity index (χ1n) is 4.61. The molecule has 0 saturated carbocycles. The largest absolute Gasteiger partial charge is 0.397 e. The van der Waals surface area contributed by atoms with Gasteiger partial charge in [-0.25, -0.2) is 4.98 Å². The molecule has 6 nitrogen and oxygen atoms in total. The molecule has 0 fully saturated rings. The second-order valence-electron chi connectivity index (χ2n) is 3.26. The Kier molecular flexibility index (Phi) is 2.55. The molecule has 0 spiro atoms. The lowest BCUT2D eigenvalue weighted by molar-refractivity contribution is 0.0987. The highest BCUT2D eigenvalue weighted by Crippen LogP contribution is 2.09. The van der Waals surface area contributed by atoms with Crippen LogP contribution in [0, 0.1) is 6.92 Å². The molecule has 2 aromatic rings. The molecular formula is C10H10N4O2. The number of carbonyl (C=O) groups is 1. The lowest BCUT2D eigenvalue weighted by atomic mass is 10.3. The van der Waals surface area contributed by atoms with Crippen LogP contribution in [0.25, 0.3) is 0 Å². The summed E-state index contributed by atoms with van der Waals surface area (Å²) in [6.45, 7) is 1.74. The van der Waals surface area contributed by atoms with Crippen molar-refractivity contribution in [3.05, 3.63) is 35.9 Å². The van der Waals surface area contributed by atoms with Crippen molar-refractivity contribution in [1.82, 2.24) is 10.1 Å². The van der Waals surface area contributed by atoms with Crippen LogP contribution in [0.5, 0.6) is 0 Å². The van der Waals surface area contributed by atoms with E-state index in [0.717, 1.165) is 0 Å². The van der Waals surface area contributed by atoms with Gasteiger partial charge in [0.25, 0.3) is 5.91 Å². The van der Waals surface area contributed by atoms with Gasteiger partial charge in [0.1, 0.15) is 5.82 Å². The minimum Gasteiger partial charge on any atom is -0.397 e. The average molecular weight is 218 g/mol. The number of pyridine rings is 1. The quantitative estimate of drug-likeness (QED) is 0.790. The molecule has 0 bridgehead atoms. The smallest absolute Gasteiger partial charge is 0.295 e. The summed E-state index contributed by atoms with van der Waals surface area (Å²) in [4.78, 5) is 15.5. The maximum absolute atomic E-state index is 11.6. The van der Waals surface area contributed by atoms with Gasteiger partial charge in [0.05, 0.1) is 17.6 Å². The van der Waals surface area contributed by atoms with Crippen molar-refractivity contribution in [3.63, 3.8) is 0 Å². The van der Waals surface area contributed by atoms with E-state index >= 15 is 0 Å². The fourth-order valence-corrected chi connectivity index (χ4v) is 1.13. The highest BCUT2D eigenvalue weighted by molar-refractivity contribution is 6.01. The number of nitrogens with two attached hydrogens (primary N) is 1. The number of hydrogen-bond acceptors (Lipinski definition) is 5. The Morgan fingerprint density at radius 2 is 2.31 bits per heavy atom. The maximum Gasteiger partial charge on any atom is 0.295 e. The van der Waals surface area contributed by atoms with Crippen molar-refractivity contribution in [3.8, 4) is 0 Å². The number of nitrogens with one attached hydrogen (secondary N) is 1. The molecule has 0 atom stereocenters. The number of nitrogen functional groups attached to an aromatic ring is 1. The number of aromatic nitrogens is 2. The van der Waals surface area contributed by atoms with E-state index in [-0.39, 0.29) is 5.76 Å². The van der Waals surface area contributed by atoms with Crippen LogP contribution in [0.2, 0.25) is 0 Å². The molecule has 2 rings (SSSR count). The maximum atomic E-state index is 11.6. The molecule has 2 aromatic heterocycles. The average Bonchev–Trinajstić information content (AvgIpc) is 2.68. The molecule has 0 unspecified atom stereocenters. The molecule has 0 aliphatic rings. The van der Waals surface area contributed by atoms with E-state index in [1.807, 2.05) is 0 Å². The fraction of sp³-hybridized carbons (Fsp3) is 0.100. The monoisotopic (exact) mass is 218 g/mol. The number of anilines is 2. The van der Waals surface area contributed by atoms with Gasteiger partial charge in [-0.1, -0.05) is 5.16 Å². The normalized spacial score (nSPS) is 10.1. The molecule has 1 amide bonds. The molecule has 16 heavy (non-hydrogen) atoms. The Hall–Kier alpha value is -2.37. The predicted octanol–water partition coefficient (Wildman–Crippen LogP) is 1.21. The third-order valence-electron chi connectivity index (χ3n) is 1.88. The van der Waals surface area contributed by atoms with E-state index in [0.29, 0.717) is 17.2 Å². The Balaban J connectivity index is 2.10. The van der Waals surface area contributed by atoms with Crippen LogP contribution in [0.15, 0.2) is 28.9 Å². The molecule has 0 aliphatic carbocycles. The number of carbonyl (C=O) groups excluding carboxylic acids is 1. The highest BCUT2D eigenvalue weighted by Gasteiger charge is 2.11. The van der Waals surface area contributed by atoms with Crippen LogP contribution in [-0.4, -0.2) is 16.0 Å². The van der Waals surface area contributed by atoms with E-state index in [1.165, 1.54) is 6.20 Å². The van der Waals surface area contributed by atoms with Crippen LogP contribution in [0.1, 0.15) is 16.2 Å². The van der Waals surface area contributed by atoms with Crippen molar-refractivity contribution in [2.45, 2.75) is 6.92 Å². The highest BCUT2D eigenvalue weighted by atomic mass is 16.5. The first-order chi connectivity index (χ1) is 7.65. The van der Waals surface area contributed by atoms with Crippen LogP contribution < -0.4 is 11.1 Å². The molecule has 0 aromatic carbocycles. The zero-order valence-electron chi connectivity index (χ0n) is 8.60. The van der Waals surface area contributed by atoms with Gasteiger partial charge in [-0.15, -0.1) is 0 Å². The number of nitrogens with zero attached hydrogens (tertiary/aromatic N) is 2. The summed E-state index contributed by atoms with van der Waals surface area (Å²) in [6, 6.07) is 4.80. The Morgan fingerprint density at radius 1 is 1.50 bits per heavy atom. The summed E-state index contributed by atoms with van der Waals surface area (Å²) in [7, 11) is 0. The zero-order valence-corrected chi connectivity index (χ0v) is 8.60. The number of hydrogen-bond donors (Lipinski definition) is 2. The molecular weight excluding hydrogens is 208 g/mol. The van der Waals surface area contributed by atoms with Crippen LogP contribution in [-0.2, 0) is 0 Å². The van der Waals surface area contributed by atoms with E-state index in [4.69, 9.17) is 10.3 Å². The first kappa shape index (κ1) is 10.2. The minimum atomic E-state index is -0.391. The van der Waals surface area contributed by atoms with Gasteiger partial charge < -0.3 is 15.6 Å². The number of amides is 1. The van der Waals surface area contributed by atoms with Gasteiger partial charge in [-0.3, -0.25) is 4.79 Å². The van der Waals surface area contributed by atoms with Gasteiger partial charge in [-0.2, -0.15) is 0 Å². The number of aryl methyl sites for hydroxylation is 1. The summed E-state index contributed by atoms with van der Waals surface area (Å²) in [5.74, 6) is 0.169. The van der Waals surface area contributed by atoms with Crippen LogP contribution >= 0.6 is 0 Å². The van der Waals surface area contributed by atoms with Crippen molar-refractivity contribution in [1.29, 1.82) is 0 Å². The molecule has 3 N–H and O–H groups in total. The Bertz CT molecular complexity index is 504. The first-order valence-corrected chi connectivity index (χ1v) is 4.61. The topological polar surface area (TPSA) is 94.0 Å². The SMILES string of the molecule is Cc1cc(C(=O)Nc2ccc(N)cn2)on1. The summed E-state index contributed by atoms with van der Waals surface area (Å²) in [6.07, 6.45) is 1.46. The van der Waals surface area contributed by atoms with Crippen molar-refractivity contribution in [2.75, 3.05) is 11.1 Å². The molecule has 0 saturated heterocycles. The molecule has 6 heteroatoms. The fourth-order valence-electron chi connectivity index (χ4n) is 1.13. The molecule has 2 heterocycles. The Morgan fingerprint density at radius 3 is 2.88 bits per heavy atom. The summed E-state index contributed by atoms with van der Waals surface area (Å²) in [5.41, 5.74) is 6.65. The third kappa shape index (κ3) is 2.17. The van der Waals surface area contributed by atoms with E-state index in [2.05, 4.69) is 15.5 Å². The third-order valence-corrected chi connectivity index (χ3v) is 1.88. The van der Waals surface area contributed by atoms with Crippen LogP contribution in [0.3, 0.4) is 0 Å². The van der Waals surface area contributed by atoms with Crippen molar-refractivity contribution < 1.29 is 9.32 Å². The van der Waals surface area contributed by atoms with Gasteiger partial charge >= 0.3 is 0 Å². The van der Waals surface area contributed by atoms with Crippen molar-refractivity contribution in [2.24, 2.45) is 0 Å². The zero-order chi connectivity index (χ0) is 11.5. The summed E-state index contributed by atoms with van der Waals surface area (Å²) < 4.78 is 4.81. The molecule has 0 radical (unpaired) electrons. The van der Waals surface area contributed by atoms with E-state index < -0.39 is 5.91 Å². The summed E-state index contributed by atoms with van der Waals surface area (Å²) in [5, 5.41) is 6.18. The summed E-state index contributed by atoms with van der Waals surface area (Å²) >= 11 is 0.